The molecule has 1 aliphatic heterocycles. The van der Waals surface area contributed by atoms with Gasteiger partial charge >= 0.3 is 0 Å². The maximum Gasteiger partial charge on any atom is 0.129 e. The lowest BCUT2D eigenvalue weighted by Crippen LogP contribution is -2.20. The standard InChI is InChI=1S/C14H16F2N4/c1-19-17-7-11(18-19)9-20-6-5-10(8-20)14-12(15)3-2-4-13(14)16/h2-4,7,10H,5-6,8-9H2,1H3. The molecular formula is C14H16F2N4. The minimum Gasteiger partial charge on any atom is -0.297 e. The summed E-state index contributed by atoms with van der Waals surface area (Å²) in [4.78, 5) is 3.67. The van der Waals surface area contributed by atoms with E-state index in [-0.39, 0.29) is 11.5 Å². The summed E-state index contributed by atoms with van der Waals surface area (Å²) in [6.45, 7) is 2.13. The van der Waals surface area contributed by atoms with Gasteiger partial charge in [-0.2, -0.15) is 15.0 Å². The van der Waals surface area contributed by atoms with Crippen LogP contribution in [-0.2, 0) is 13.6 Å². The fourth-order valence-corrected chi connectivity index (χ4v) is 2.80. The van der Waals surface area contributed by atoms with Crippen LogP contribution in [0, 0.1) is 11.6 Å². The van der Waals surface area contributed by atoms with Crippen LogP contribution in [0.5, 0.6) is 0 Å². The van der Waals surface area contributed by atoms with E-state index in [0.717, 1.165) is 18.7 Å². The maximum atomic E-state index is 13.8. The van der Waals surface area contributed by atoms with Gasteiger partial charge in [-0.05, 0) is 25.1 Å². The molecule has 1 unspecified atom stereocenters. The zero-order chi connectivity index (χ0) is 14.1. The van der Waals surface area contributed by atoms with Crippen LogP contribution in [0.2, 0.25) is 0 Å². The summed E-state index contributed by atoms with van der Waals surface area (Å²) < 4.78 is 27.6. The van der Waals surface area contributed by atoms with Crippen molar-refractivity contribution in [1.82, 2.24) is 19.9 Å². The van der Waals surface area contributed by atoms with Gasteiger partial charge in [0.2, 0.25) is 0 Å². The van der Waals surface area contributed by atoms with Gasteiger partial charge in [0.25, 0.3) is 0 Å². The Balaban J connectivity index is 1.70. The van der Waals surface area contributed by atoms with Gasteiger partial charge in [0.05, 0.1) is 11.9 Å². The molecule has 6 heteroatoms. The van der Waals surface area contributed by atoms with Crippen LogP contribution in [0.25, 0.3) is 0 Å². The zero-order valence-electron chi connectivity index (χ0n) is 11.3. The molecule has 4 nitrogen and oxygen atoms in total. The predicted molar refractivity (Wildman–Crippen MR) is 70.0 cm³/mol. The third-order valence-electron chi connectivity index (χ3n) is 3.71. The minimum atomic E-state index is -0.448. The molecule has 0 aliphatic carbocycles. The molecule has 1 atom stereocenters. The molecule has 0 N–H and O–H groups in total. The van der Waals surface area contributed by atoms with E-state index in [1.165, 1.54) is 23.0 Å². The van der Waals surface area contributed by atoms with Crippen molar-refractivity contribution in [2.75, 3.05) is 13.1 Å². The van der Waals surface area contributed by atoms with Gasteiger partial charge in [0, 0.05) is 31.6 Å². The fraction of sp³-hybridized carbons (Fsp3) is 0.429. The van der Waals surface area contributed by atoms with Gasteiger partial charge in [-0.25, -0.2) is 8.78 Å². The quantitative estimate of drug-likeness (QED) is 0.862. The van der Waals surface area contributed by atoms with E-state index in [4.69, 9.17) is 0 Å². The van der Waals surface area contributed by atoms with Crippen LogP contribution in [-0.4, -0.2) is 33.0 Å². The van der Waals surface area contributed by atoms with Crippen molar-refractivity contribution in [2.24, 2.45) is 7.05 Å². The second-order valence-corrected chi connectivity index (χ2v) is 5.18. The number of aromatic nitrogens is 3. The van der Waals surface area contributed by atoms with Gasteiger partial charge in [-0.1, -0.05) is 6.07 Å². The third kappa shape index (κ3) is 2.56. The van der Waals surface area contributed by atoms with Gasteiger partial charge in [0.1, 0.15) is 11.6 Å². The largest absolute Gasteiger partial charge is 0.297 e. The molecule has 106 valence electrons. The molecule has 1 aromatic heterocycles. The Labute approximate surface area is 116 Å². The van der Waals surface area contributed by atoms with Gasteiger partial charge < -0.3 is 0 Å². The van der Waals surface area contributed by atoms with Crippen molar-refractivity contribution in [3.63, 3.8) is 0 Å². The van der Waals surface area contributed by atoms with Crippen LogP contribution in [0.3, 0.4) is 0 Å². The molecule has 0 radical (unpaired) electrons. The van der Waals surface area contributed by atoms with Gasteiger partial charge in [-0.15, -0.1) is 0 Å². The molecule has 20 heavy (non-hydrogen) atoms. The highest BCUT2D eigenvalue weighted by molar-refractivity contribution is 5.25. The Morgan fingerprint density at radius 3 is 2.70 bits per heavy atom. The van der Waals surface area contributed by atoms with Crippen molar-refractivity contribution in [1.29, 1.82) is 0 Å². The van der Waals surface area contributed by atoms with E-state index in [9.17, 15) is 8.78 Å². The molecule has 0 saturated carbocycles. The molecule has 2 aromatic rings. The predicted octanol–water partition coefficient (Wildman–Crippen LogP) is 2.08. The number of hydrogen-bond acceptors (Lipinski definition) is 3. The first-order valence-electron chi connectivity index (χ1n) is 6.65. The number of nitrogens with zero attached hydrogens (tertiary/aromatic N) is 4. The molecule has 1 aromatic carbocycles. The maximum absolute atomic E-state index is 13.8. The van der Waals surface area contributed by atoms with E-state index >= 15 is 0 Å². The Morgan fingerprint density at radius 2 is 2.05 bits per heavy atom. The molecule has 1 saturated heterocycles. The van der Waals surface area contributed by atoms with Crippen molar-refractivity contribution in [3.05, 3.63) is 47.3 Å². The SMILES string of the molecule is Cn1ncc(CN2CCC(c3c(F)cccc3F)C2)n1. The Bertz CT molecular complexity index is 591. The normalized spacial score (nSPS) is 19.6. The number of halogens is 2. The number of likely N-dealkylation sites (tertiary alicyclic amines) is 1. The van der Waals surface area contributed by atoms with Crippen LogP contribution in [0.1, 0.15) is 23.6 Å². The van der Waals surface area contributed by atoms with E-state index in [1.54, 1.807) is 13.2 Å². The zero-order valence-corrected chi connectivity index (χ0v) is 11.3. The van der Waals surface area contributed by atoms with E-state index in [0.29, 0.717) is 13.1 Å². The summed E-state index contributed by atoms with van der Waals surface area (Å²) in [5, 5.41) is 8.25. The second-order valence-electron chi connectivity index (χ2n) is 5.18. The molecular weight excluding hydrogens is 262 g/mol. The summed E-state index contributed by atoms with van der Waals surface area (Å²) in [6, 6.07) is 4.05. The van der Waals surface area contributed by atoms with Crippen molar-refractivity contribution in [2.45, 2.75) is 18.9 Å². The molecule has 2 heterocycles. The smallest absolute Gasteiger partial charge is 0.129 e. The lowest BCUT2D eigenvalue weighted by Gasteiger charge is -2.15. The number of aryl methyl sites for hydroxylation is 1. The Hall–Kier alpha value is -1.82. The van der Waals surface area contributed by atoms with E-state index in [1.807, 2.05) is 0 Å². The number of benzene rings is 1. The van der Waals surface area contributed by atoms with Crippen LogP contribution >= 0.6 is 0 Å². The lowest BCUT2D eigenvalue weighted by molar-refractivity contribution is 0.320. The average molecular weight is 278 g/mol. The first-order valence-corrected chi connectivity index (χ1v) is 6.65. The van der Waals surface area contributed by atoms with Gasteiger partial charge in [-0.3, -0.25) is 4.90 Å². The number of hydrogen-bond donors (Lipinski definition) is 0. The molecule has 1 fully saturated rings. The first kappa shape index (κ1) is 13.2. The Morgan fingerprint density at radius 1 is 1.30 bits per heavy atom. The van der Waals surface area contributed by atoms with Crippen molar-refractivity contribution >= 4 is 0 Å². The van der Waals surface area contributed by atoms with Gasteiger partial charge in [0.15, 0.2) is 0 Å². The van der Waals surface area contributed by atoms with Crippen LogP contribution in [0.15, 0.2) is 24.4 Å². The average Bonchev–Trinajstić information content (AvgIpc) is 3.00. The summed E-state index contributed by atoms with van der Waals surface area (Å²) in [7, 11) is 1.77. The second kappa shape index (κ2) is 5.28. The summed E-state index contributed by atoms with van der Waals surface area (Å²) >= 11 is 0. The first-order chi connectivity index (χ1) is 9.63. The molecule has 0 spiro atoms. The third-order valence-corrected chi connectivity index (χ3v) is 3.71. The summed E-state index contributed by atoms with van der Waals surface area (Å²) in [5.41, 5.74) is 1.09. The molecule has 1 aliphatic rings. The summed E-state index contributed by atoms with van der Waals surface area (Å²) in [5.74, 6) is -0.986. The molecule has 0 bridgehead atoms. The van der Waals surface area contributed by atoms with Crippen molar-refractivity contribution < 1.29 is 8.78 Å². The van der Waals surface area contributed by atoms with E-state index < -0.39 is 11.6 Å². The monoisotopic (exact) mass is 278 g/mol. The summed E-state index contributed by atoms with van der Waals surface area (Å²) in [6.07, 6.45) is 2.48. The Kier molecular flexibility index (Phi) is 3.48. The van der Waals surface area contributed by atoms with Crippen LogP contribution in [0.4, 0.5) is 8.78 Å². The van der Waals surface area contributed by atoms with E-state index in [2.05, 4.69) is 15.1 Å². The van der Waals surface area contributed by atoms with Crippen molar-refractivity contribution in [3.8, 4) is 0 Å². The highest BCUT2D eigenvalue weighted by atomic mass is 19.1. The number of rotatable bonds is 3. The fourth-order valence-electron chi connectivity index (χ4n) is 2.80. The molecule has 3 rings (SSSR count). The highest BCUT2D eigenvalue weighted by Crippen LogP contribution is 2.31. The highest BCUT2D eigenvalue weighted by Gasteiger charge is 2.28. The topological polar surface area (TPSA) is 34.0 Å². The minimum absolute atomic E-state index is 0.0899. The molecule has 0 amide bonds. The van der Waals surface area contributed by atoms with Crippen LogP contribution < -0.4 is 0 Å². The lowest BCUT2D eigenvalue weighted by atomic mass is 9.97.